The lowest BCUT2D eigenvalue weighted by atomic mass is 10.2. The highest BCUT2D eigenvalue weighted by Crippen LogP contribution is 2.32. The van der Waals surface area contributed by atoms with Crippen molar-refractivity contribution in [1.82, 2.24) is 14.9 Å². The second kappa shape index (κ2) is 7.32. The van der Waals surface area contributed by atoms with Gasteiger partial charge in [0.1, 0.15) is 22.5 Å². The highest BCUT2D eigenvalue weighted by Gasteiger charge is 2.22. The van der Waals surface area contributed by atoms with E-state index in [1.165, 1.54) is 0 Å². The van der Waals surface area contributed by atoms with Crippen LogP contribution in [0.3, 0.4) is 0 Å². The molecule has 1 saturated heterocycles. The quantitative estimate of drug-likeness (QED) is 0.511. The van der Waals surface area contributed by atoms with Gasteiger partial charge in [0.15, 0.2) is 5.58 Å². The van der Waals surface area contributed by atoms with E-state index >= 15 is 0 Å². The second-order valence-corrected chi connectivity index (χ2v) is 7.92. The van der Waals surface area contributed by atoms with Crippen LogP contribution in [0.4, 0.5) is 0 Å². The molecule has 1 atom stereocenters. The molecule has 0 saturated carbocycles. The molecule has 6 heteroatoms. The van der Waals surface area contributed by atoms with E-state index in [-0.39, 0.29) is 6.10 Å². The number of hydrogen-bond acceptors (Lipinski definition) is 6. The zero-order valence-corrected chi connectivity index (χ0v) is 15.5. The minimum atomic E-state index is 0.229. The number of hydrogen-bond donors (Lipinski definition) is 0. The number of thioether (sulfide) groups is 1. The molecule has 0 spiro atoms. The lowest BCUT2D eigenvalue weighted by molar-refractivity contribution is -0.0191. The van der Waals surface area contributed by atoms with Crippen LogP contribution in [0, 0.1) is 5.92 Å². The van der Waals surface area contributed by atoms with Crippen molar-refractivity contribution in [3.05, 3.63) is 30.6 Å². The smallest absolute Gasteiger partial charge is 0.186 e. The lowest BCUT2D eigenvalue weighted by Crippen LogP contribution is -2.44. The van der Waals surface area contributed by atoms with Crippen LogP contribution in [0.25, 0.3) is 22.1 Å². The molecule has 5 nitrogen and oxygen atoms in total. The van der Waals surface area contributed by atoms with Gasteiger partial charge in [-0.25, -0.2) is 9.97 Å². The van der Waals surface area contributed by atoms with Crippen molar-refractivity contribution in [2.75, 3.05) is 32.0 Å². The maximum atomic E-state index is 6.00. The van der Waals surface area contributed by atoms with E-state index in [4.69, 9.17) is 9.15 Å². The van der Waals surface area contributed by atoms with Crippen molar-refractivity contribution >= 4 is 33.8 Å². The fraction of sp³-hybridized carbons (Fsp3) is 0.474. The molecule has 0 radical (unpaired) electrons. The molecule has 132 valence electrons. The Morgan fingerprint density at radius 2 is 2.16 bits per heavy atom. The molecule has 0 aliphatic carbocycles. The summed E-state index contributed by atoms with van der Waals surface area (Å²) in [7, 11) is 0. The third kappa shape index (κ3) is 3.66. The van der Waals surface area contributed by atoms with Crippen LogP contribution in [0.15, 0.2) is 40.0 Å². The zero-order chi connectivity index (χ0) is 17.2. The van der Waals surface area contributed by atoms with Crippen LogP contribution >= 0.6 is 11.8 Å². The third-order valence-corrected chi connectivity index (χ3v) is 5.48. The van der Waals surface area contributed by atoms with E-state index in [0.717, 1.165) is 59.1 Å². The summed E-state index contributed by atoms with van der Waals surface area (Å²) in [5.41, 5.74) is 2.53. The summed E-state index contributed by atoms with van der Waals surface area (Å²) in [5, 5.41) is 1.93. The van der Waals surface area contributed by atoms with Crippen molar-refractivity contribution in [2.24, 2.45) is 5.92 Å². The molecule has 3 aromatic rings. The molecule has 25 heavy (non-hydrogen) atoms. The molecule has 0 amide bonds. The van der Waals surface area contributed by atoms with Crippen LogP contribution in [-0.4, -0.2) is 53.0 Å². The maximum absolute atomic E-state index is 6.00. The standard InChI is InChI=1S/C19H23N3O2S/c1-13(2)9-22-7-8-23-14(10-22)11-25-19-18-17(20-12-21-19)15-5-3-4-6-16(15)24-18/h3-6,12-14H,7-11H2,1-2H3/t14-/m1/s1. The Balaban J connectivity index is 1.49. The summed E-state index contributed by atoms with van der Waals surface area (Å²) in [6.45, 7) is 8.48. The number of aromatic nitrogens is 2. The van der Waals surface area contributed by atoms with Gasteiger partial charge in [-0.3, -0.25) is 4.90 Å². The summed E-state index contributed by atoms with van der Waals surface area (Å²) in [5.74, 6) is 1.56. The molecule has 1 fully saturated rings. The second-order valence-electron chi connectivity index (χ2n) is 6.91. The Labute approximate surface area is 151 Å². The Bertz CT molecular complexity index is 864. The molecular weight excluding hydrogens is 334 g/mol. The van der Waals surface area contributed by atoms with Crippen LogP contribution in [0.5, 0.6) is 0 Å². The molecule has 4 rings (SSSR count). The average Bonchev–Trinajstić information content (AvgIpc) is 2.99. The number of nitrogens with zero attached hydrogens (tertiary/aromatic N) is 3. The topological polar surface area (TPSA) is 51.4 Å². The van der Waals surface area contributed by atoms with Crippen molar-refractivity contribution in [2.45, 2.75) is 25.0 Å². The number of morpholine rings is 1. The average molecular weight is 357 g/mol. The summed E-state index contributed by atoms with van der Waals surface area (Å²) in [6.07, 6.45) is 1.85. The largest absolute Gasteiger partial charge is 0.451 e. The SMILES string of the molecule is CC(C)CN1CCO[C@@H](CSc2ncnc3c2oc2ccccc23)C1. The highest BCUT2D eigenvalue weighted by atomic mass is 32.2. The summed E-state index contributed by atoms with van der Waals surface area (Å²) in [6, 6.07) is 7.99. The van der Waals surface area contributed by atoms with Gasteiger partial charge in [0.25, 0.3) is 0 Å². The summed E-state index contributed by atoms with van der Waals surface area (Å²) >= 11 is 1.70. The fourth-order valence-corrected chi connectivity index (χ4v) is 4.28. The van der Waals surface area contributed by atoms with Crippen molar-refractivity contribution in [1.29, 1.82) is 0 Å². The number of fused-ring (bicyclic) bond motifs is 3. The molecule has 3 heterocycles. The van der Waals surface area contributed by atoms with Gasteiger partial charge in [-0.15, -0.1) is 0 Å². The number of furan rings is 1. The minimum absolute atomic E-state index is 0.229. The van der Waals surface area contributed by atoms with E-state index < -0.39 is 0 Å². The van der Waals surface area contributed by atoms with Gasteiger partial charge in [0.05, 0.1) is 12.7 Å². The molecule has 0 unspecified atom stereocenters. The third-order valence-electron chi connectivity index (χ3n) is 4.38. The number of benzene rings is 1. The van der Waals surface area contributed by atoms with Crippen molar-refractivity contribution < 1.29 is 9.15 Å². The molecule has 2 aromatic heterocycles. The molecule has 0 N–H and O–H groups in total. The Kier molecular flexibility index (Phi) is 4.92. The summed E-state index contributed by atoms with van der Waals surface area (Å²) < 4.78 is 11.9. The predicted octanol–water partition coefficient (Wildman–Crippen LogP) is 3.82. The minimum Gasteiger partial charge on any atom is -0.451 e. The van der Waals surface area contributed by atoms with Gasteiger partial charge >= 0.3 is 0 Å². The van der Waals surface area contributed by atoms with Gasteiger partial charge in [0, 0.05) is 30.8 Å². The molecule has 1 aliphatic heterocycles. The van der Waals surface area contributed by atoms with Crippen LogP contribution in [-0.2, 0) is 4.74 Å². The predicted molar refractivity (Wildman–Crippen MR) is 101 cm³/mol. The monoisotopic (exact) mass is 357 g/mol. The Morgan fingerprint density at radius 3 is 3.04 bits per heavy atom. The Morgan fingerprint density at radius 1 is 1.28 bits per heavy atom. The van der Waals surface area contributed by atoms with Gasteiger partial charge < -0.3 is 9.15 Å². The van der Waals surface area contributed by atoms with Crippen LogP contribution in [0.2, 0.25) is 0 Å². The van der Waals surface area contributed by atoms with Crippen LogP contribution in [0.1, 0.15) is 13.8 Å². The normalized spacial score (nSPS) is 19.2. The van der Waals surface area contributed by atoms with E-state index in [1.807, 2.05) is 24.3 Å². The Hall–Kier alpha value is -1.63. The van der Waals surface area contributed by atoms with Gasteiger partial charge in [-0.05, 0) is 18.1 Å². The lowest BCUT2D eigenvalue weighted by Gasteiger charge is -2.33. The summed E-state index contributed by atoms with van der Waals surface area (Å²) in [4.78, 5) is 11.4. The van der Waals surface area contributed by atoms with E-state index in [0.29, 0.717) is 5.92 Å². The molecule has 1 aliphatic rings. The van der Waals surface area contributed by atoms with Gasteiger partial charge in [-0.1, -0.05) is 37.7 Å². The number of ether oxygens (including phenoxy) is 1. The molecule has 0 bridgehead atoms. The number of rotatable bonds is 5. The number of para-hydroxylation sites is 1. The van der Waals surface area contributed by atoms with E-state index in [1.54, 1.807) is 18.1 Å². The maximum Gasteiger partial charge on any atom is 0.186 e. The highest BCUT2D eigenvalue weighted by molar-refractivity contribution is 7.99. The van der Waals surface area contributed by atoms with Crippen LogP contribution < -0.4 is 0 Å². The first-order valence-corrected chi connectivity index (χ1v) is 9.78. The molecule has 1 aromatic carbocycles. The first-order valence-electron chi connectivity index (χ1n) is 8.79. The van der Waals surface area contributed by atoms with E-state index in [2.05, 4.69) is 28.7 Å². The van der Waals surface area contributed by atoms with E-state index in [9.17, 15) is 0 Å². The fourth-order valence-electron chi connectivity index (χ4n) is 3.34. The van der Waals surface area contributed by atoms with Crippen molar-refractivity contribution in [3.8, 4) is 0 Å². The molecular formula is C19H23N3O2S. The first kappa shape index (κ1) is 16.8. The first-order chi connectivity index (χ1) is 12.2. The van der Waals surface area contributed by atoms with Gasteiger partial charge in [-0.2, -0.15) is 0 Å². The van der Waals surface area contributed by atoms with Gasteiger partial charge in [0.2, 0.25) is 0 Å². The van der Waals surface area contributed by atoms with Crippen molar-refractivity contribution in [3.63, 3.8) is 0 Å². The zero-order valence-electron chi connectivity index (χ0n) is 14.6.